The topological polar surface area (TPSA) is 0 Å². The van der Waals surface area contributed by atoms with Crippen LogP contribution in [0.5, 0.6) is 0 Å². The SMILES string of the molecule is CC(C)(C)SCCC(CCl)Cc1cccc(Br)c1. The summed E-state index contributed by atoms with van der Waals surface area (Å²) in [6.45, 7) is 6.80. The van der Waals surface area contributed by atoms with Gasteiger partial charge >= 0.3 is 0 Å². The van der Waals surface area contributed by atoms with Gasteiger partial charge in [-0.05, 0) is 42.2 Å². The third-order valence-corrected chi connectivity index (χ3v) is 4.93. The lowest BCUT2D eigenvalue weighted by Crippen LogP contribution is -2.12. The Bertz CT molecular complexity index is 360. The van der Waals surface area contributed by atoms with Crippen molar-refractivity contribution in [1.29, 1.82) is 0 Å². The van der Waals surface area contributed by atoms with Gasteiger partial charge in [0.25, 0.3) is 0 Å². The maximum atomic E-state index is 6.09. The first kappa shape index (κ1) is 16.4. The molecule has 0 aliphatic carbocycles. The van der Waals surface area contributed by atoms with E-state index in [0.29, 0.717) is 10.7 Å². The number of alkyl halides is 1. The summed E-state index contributed by atoms with van der Waals surface area (Å²) < 4.78 is 1.50. The minimum Gasteiger partial charge on any atom is -0.156 e. The van der Waals surface area contributed by atoms with Gasteiger partial charge in [0.05, 0.1) is 0 Å². The molecule has 0 radical (unpaired) electrons. The molecule has 0 aromatic heterocycles. The lowest BCUT2D eigenvalue weighted by Gasteiger charge is -2.20. The Balaban J connectivity index is 2.42. The molecular weight excluding hydrogens is 328 g/mol. The monoisotopic (exact) mass is 348 g/mol. The van der Waals surface area contributed by atoms with Crippen molar-refractivity contribution in [2.45, 2.75) is 38.4 Å². The van der Waals surface area contributed by atoms with Crippen molar-refractivity contribution in [2.75, 3.05) is 11.6 Å². The van der Waals surface area contributed by atoms with E-state index >= 15 is 0 Å². The highest BCUT2D eigenvalue weighted by Crippen LogP contribution is 2.26. The van der Waals surface area contributed by atoms with Crippen LogP contribution in [0.3, 0.4) is 0 Å². The summed E-state index contributed by atoms with van der Waals surface area (Å²) in [4.78, 5) is 0. The van der Waals surface area contributed by atoms with Crippen molar-refractivity contribution >= 4 is 39.3 Å². The summed E-state index contributed by atoms with van der Waals surface area (Å²) in [5, 5.41) is 0. The summed E-state index contributed by atoms with van der Waals surface area (Å²) in [5.74, 6) is 2.52. The maximum absolute atomic E-state index is 6.09. The zero-order valence-electron chi connectivity index (χ0n) is 11.4. The van der Waals surface area contributed by atoms with Crippen LogP contribution in [0, 0.1) is 5.92 Å². The number of benzene rings is 1. The number of hydrogen-bond acceptors (Lipinski definition) is 1. The molecular formula is C15H22BrClS. The third-order valence-electron chi connectivity index (χ3n) is 2.69. The Labute approximate surface area is 129 Å². The summed E-state index contributed by atoms with van der Waals surface area (Å²) in [7, 11) is 0. The second kappa shape index (κ2) is 7.81. The van der Waals surface area contributed by atoms with Crippen molar-refractivity contribution in [3.8, 4) is 0 Å². The summed E-state index contributed by atoms with van der Waals surface area (Å²) in [6, 6.07) is 8.53. The molecule has 0 bridgehead atoms. The molecule has 0 N–H and O–H groups in total. The second-order valence-corrected chi connectivity index (χ2v) is 8.75. The molecule has 0 spiro atoms. The average Bonchev–Trinajstić information content (AvgIpc) is 2.26. The molecule has 0 amide bonds. The first-order valence-corrected chi connectivity index (χ1v) is 8.66. The van der Waals surface area contributed by atoms with E-state index in [4.69, 9.17) is 11.6 Å². The van der Waals surface area contributed by atoms with Crippen molar-refractivity contribution in [2.24, 2.45) is 5.92 Å². The summed E-state index contributed by atoms with van der Waals surface area (Å²) in [5.41, 5.74) is 1.37. The Hall–Kier alpha value is 0.340. The largest absolute Gasteiger partial charge is 0.156 e. The highest BCUT2D eigenvalue weighted by Gasteiger charge is 2.13. The third kappa shape index (κ3) is 7.06. The second-order valence-electron chi connectivity index (χ2n) is 5.60. The van der Waals surface area contributed by atoms with Gasteiger partial charge in [0.1, 0.15) is 0 Å². The highest BCUT2D eigenvalue weighted by molar-refractivity contribution is 9.10. The van der Waals surface area contributed by atoms with Gasteiger partial charge in [-0.2, -0.15) is 11.8 Å². The van der Waals surface area contributed by atoms with Gasteiger partial charge in [-0.1, -0.05) is 48.8 Å². The van der Waals surface area contributed by atoms with Gasteiger partial charge in [0.15, 0.2) is 0 Å². The molecule has 0 aliphatic rings. The van der Waals surface area contributed by atoms with E-state index in [0.717, 1.165) is 16.8 Å². The van der Waals surface area contributed by atoms with Gasteiger partial charge in [-0.25, -0.2) is 0 Å². The predicted molar refractivity (Wildman–Crippen MR) is 88.9 cm³/mol. The maximum Gasteiger partial charge on any atom is 0.0255 e. The fraction of sp³-hybridized carbons (Fsp3) is 0.600. The zero-order valence-corrected chi connectivity index (χ0v) is 14.5. The number of halogens is 2. The van der Waals surface area contributed by atoms with E-state index < -0.39 is 0 Å². The van der Waals surface area contributed by atoms with Gasteiger partial charge in [-0.3, -0.25) is 0 Å². The first-order chi connectivity index (χ1) is 8.40. The molecule has 0 saturated heterocycles. The smallest absolute Gasteiger partial charge is 0.0255 e. The van der Waals surface area contributed by atoms with Crippen LogP contribution in [0.15, 0.2) is 28.7 Å². The molecule has 0 heterocycles. The van der Waals surface area contributed by atoms with E-state index in [1.807, 2.05) is 11.8 Å². The molecule has 102 valence electrons. The summed E-state index contributed by atoms with van der Waals surface area (Å²) in [6.07, 6.45) is 2.27. The molecule has 18 heavy (non-hydrogen) atoms. The Morgan fingerprint density at radius 3 is 2.61 bits per heavy atom. The van der Waals surface area contributed by atoms with Crippen molar-refractivity contribution in [1.82, 2.24) is 0 Å². The quantitative estimate of drug-likeness (QED) is 0.588. The van der Waals surface area contributed by atoms with E-state index in [-0.39, 0.29) is 0 Å². The van der Waals surface area contributed by atoms with E-state index in [9.17, 15) is 0 Å². The van der Waals surface area contributed by atoms with E-state index in [1.165, 1.54) is 17.7 Å². The molecule has 0 fully saturated rings. The van der Waals surface area contributed by atoms with Crippen molar-refractivity contribution in [3.05, 3.63) is 34.3 Å². The van der Waals surface area contributed by atoms with Crippen LogP contribution >= 0.6 is 39.3 Å². The van der Waals surface area contributed by atoms with E-state index in [2.05, 4.69) is 61.0 Å². The number of thioether (sulfide) groups is 1. The van der Waals surface area contributed by atoms with Crippen LogP contribution < -0.4 is 0 Å². The number of rotatable bonds is 6. The Kier molecular flexibility index (Phi) is 7.12. The molecule has 3 heteroatoms. The molecule has 1 aromatic rings. The minimum atomic E-state index is 0.354. The highest BCUT2D eigenvalue weighted by atomic mass is 79.9. The van der Waals surface area contributed by atoms with Crippen LogP contribution in [-0.4, -0.2) is 16.4 Å². The van der Waals surface area contributed by atoms with Crippen LogP contribution in [0.1, 0.15) is 32.8 Å². The van der Waals surface area contributed by atoms with Crippen LogP contribution in [-0.2, 0) is 6.42 Å². The molecule has 1 rings (SSSR count). The summed E-state index contributed by atoms with van der Waals surface area (Å²) >= 11 is 11.6. The van der Waals surface area contributed by atoms with Gasteiger partial charge in [0.2, 0.25) is 0 Å². The van der Waals surface area contributed by atoms with E-state index in [1.54, 1.807) is 0 Å². The fourth-order valence-electron chi connectivity index (χ4n) is 1.76. The minimum absolute atomic E-state index is 0.354. The van der Waals surface area contributed by atoms with Crippen molar-refractivity contribution in [3.63, 3.8) is 0 Å². The number of hydrogen-bond donors (Lipinski definition) is 0. The molecule has 0 saturated carbocycles. The Morgan fingerprint density at radius 1 is 1.33 bits per heavy atom. The van der Waals surface area contributed by atoms with Crippen LogP contribution in [0.25, 0.3) is 0 Å². The molecule has 1 unspecified atom stereocenters. The zero-order chi connectivity index (χ0) is 13.6. The molecule has 1 aromatic carbocycles. The van der Waals surface area contributed by atoms with Gasteiger partial charge < -0.3 is 0 Å². The van der Waals surface area contributed by atoms with Gasteiger partial charge in [0, 0.05) is 15.1 Å². The average molecular weight is 350 g/mol. The van der Waals surface area contributed by atoms with Crippen molar-refractivity contribution < 1.29 is 0 Å². The standard InChI is InChI=1S/C15H22BrClS/c1-15(2,3)18-8-7-13(11-17)9-12-5-4-6-14(16)10-12/h4-6,10,13H,7-9,11H2,1-3H3. The predicted octanol–water partition coefficient (Wildman–Crippen LogP) is 5.77. The molecule has 0 nitrogen and oxygen atoms in total. The molecule has 1 atom stereocenters. The lowest BCUT2D eigenvalue weighted by atomic mass is 9.99. The lowest BCUT2D eigenvalue weighted by molar-refractivity contribution is 0.570. The fourth-order valence-corrected chi connectivity index (χ4v) is 3.54. The Morgan fingerprint density at radius 2 is 2.06 bits per heavy atom. The van der Waals surface area contributed by atoms with Gasteiger partial charge in [-0.15, -0.1) is 11.6 Å². The van der Waals surface area contributed by atoms with Crippen LogP contribution in [0.2, 0.25) is 0 Å². The normalized spacial score (nSPS) is 13.6. The first-order valence-electron chi connectivity index (χ1n) is 6.35. The van der Waals surface area contributed by atoms with Crippen LogP contribution in [0.4, 0.5) is 0 Å². The molecule has 0 aliphatic heterocycles.